The Morgan fingerprint density at radius 2 is 2.00 bits per heavy atom. The molecule has 3 atom stereocenters. The van der Waals surface area contributed by atoms with Crippen LogP contribution < -0.4 is 0 Å². The summed E-state index contributed by atoms with van der Waals surface area (Å²) < 4.78 is 38.3. The van der Waals surface area contributed by atoms with Gasteiger partial charge in [0.25, 0.3) is 0 Å². The molecule has 0 radical (unpaired) electrons. The summed E-state index contributed by atoms with van der Waals surface area (Å²) in [7, 11) is 0. The van der Waals surface area contributed by atoms with Crippen LogP contribution in [0, 0.1) is 5.92 Å². The van der Waals surface area contributed by atoms with Gasteiger partial charge in [0.2, 0.25) is 5.91 Å². The van der Waals surface area contributed by atoms with Gasteiger partial charge in [0.1, 0.15) is 6.04 Å². The number of halogens is 3. The molecule has 1 heterocycles. The second-order valence-electron chi connectivity index (χ2n) is 6.10. The molecule has 4 nitrogen and oxygen atoms in total. The Morgan fingerprint density at radius 1 is 1.26 bits per heavy atom. The van der Waals surface area contributed by atoms with Crippen LogP contribution in [-0.2, 0) is 15.8 Å². The molecule has 2 fully saturated rings. The number of carbonyl (C=O) groups is 2. The minimum atomic E-state index is -4.41. The van der Waals surface area contributed by atoms with Crippen LogP contribution in [0.15, 0.2) is 24.3 Å². The number of hydrogen-bond acceptors (Lipinski definition) is 2. The van der Waals surface area contributed by atoms with Gasteiger partial charge < -0.3 is 10.0 Å². The molecule has 2 unspecified atom stereocenters. The van der Waals surface area contributed by atoms with Crippen LogP contribution in [0.4, 0.5) is 13.2 Å². The van der Waals surface area contributed by atoms with E-state index in [0.717, 1.165) is 12.1 Å². The molecule has 0 bridgehead atoms. The minimum absolute atomic E-state index is 0.250. The van der Waals surface area contributed by atoms with E-state index in [-0.39, 0.29) is 11.8 Å². The van der Waals surface area contributed by atoms with Gasteiger partial charge in [-0.25, -0.2) is 4.79 Å². The number of likely N-dealkylation sites (tertiary alicyclic amines) is 1. The van der Waals surface area contributed by atoms with Crippen LogP contribution in [0.1, 0.15) is 36.3 Å². The number of alkyl halides is 3. The van der Waals surface area contributed by atoms with Crippen molar-refractivity contribution in [2.45, 2.75) is 37.4 Å². The lowest BCUT2D eigenvalue weighted by molar-refractivity contribution is -0.148. The topological polar surface area (TPSA) is 57.6 Å². The summed E-state index contributed by atoms with van der Waals surface area (Å²) in [4.78, 5) is 24.9. The summed E-state index contributed by atoms with van der Waals surface area (Å²) >= 11 is 0. The van der Waals surface area contributed by atoms with E-state index in [4.69, 9.17) is 5.11 Å². The summed E-state index contributed by atoms with van der Waals surface area (Å²) in [5.41, 5.74) is -0.234. The van der Waals surface area contributed by atoms with Gasteiger partial charge >= 0.3 is 12.1 Å². The number of carboxylic acid groups (broad SMARTS) is 1. The van der Waals surface area contributed by atoms with Crippen LogP contribution in [0.3, 0.4) is 0 Å². The highest BCUT2D eigenvalue weighted by Gasteiger charge is 2.49. The van der Waals surface area contributed by atoms with Gasteiger partial charge in [-0.05, 0) is 36.8 Å². The van der Waals surface area contributed by atoms with Crippen molar-refractivity contribution in [3.05, 3.63) is 35.4 Å². The van der Waals surface area contributed by atoms with Gasteiger partial charge in [-0.2, -0.15) is 13.2 Å². The van der Waals surface area contributed by atoms with E-state index in [9.17, 15) is 22.8 Å². The van der Waals surface area contributed by atoms with Gasteiger partial charge in [-0.1, -0.05) is 18.2 Å². The van der Waals surface area contributed by atoms with Crippen LogP contribution >= 0.6 is 0 Å². The fraction of sp³-hybridized carbons (Fsp3) is 0.500. The van der Waals surface area contributed by atoms with Gasteiger partial charge in [0.05, 0.1) is 5.56 Å². The van der Waals surface area contributed by atoms with Crippen molar-refractivity contribution in [1.82, 2.24) is 4.90 Å². The number of benzene rings is 1. The Morgan fingerprint density at radius 3 is 2.65 bits per heavy atom. The lowest BCUT2D eigenvalue weighted by atomic mass is 10.0. The Hall–Kier alpha value is -2.05. The molecule has 23 heavy (non-hydrogen) atoms. The first-order valence-corrected chi connectivity index (χ1v) is 7.49. The van der Waals surface area contributed by atoms with E-state index in [1.807, 2.05) is 0 Å². The summed E-state index contributed by atoms with van der Waals surface area (Å²) in [5, 5.41) is 9.12. The number of hydrogen-bond donors (Lipinski definition) is 1. The van der Waals surface area contributed by atoms with Crippen molar-refractivity contribution in [2.75, 3.05) is 6.54 Å². The summed E-state index contributed by atoms with van der Waals surface area (Å²) in [6.45, 7) is 0.404. The van der Waals surface area contributed by atoms with E-state index in [1.165, 1.54) is 11.0 Å². The molecular formula is C16H16F3NO3. The number of rotatable bonds is 3. The highest BCUT2D eigenvalue weighted by atomic mass is 19.4. The van der Waals surface area contributed by atoms with Crippen molar-refractivity contribution in [2.24, 2.45) is 5.92 Å². The fourth-order valence-corrected chi connectivity index (χ4v) is 3.28. The highest BCUT2D eigenvalue weighted by Crippen LogP contribution is 2.49. The third-order valence-corrected chi connectivity index (χ3v) is 4.57. The zero-order valence-corrected chi connectivity index (χ0v) is 12.2. The molecule has 1 N–H and O–H groups in total. The predicted octanol–water partition coefficient (Wildman–Crippen LogP) is 2.88. The van der Waals surface area contributed by atoms with Crippen LogP contribution in [0.2, 0.25) is 0 Å². The Kier molecular flexibility index (Phi) is 3.82. The number of aliphatic carboxylic acids is 1. The third kappa shape index (κ3) is 3.04. The molecule has 1 amide bonds. The molecule has 1 saturated carbocycles. The maximum atomic E-state index is 12.8. The standard InChI is InChI=1S/C16H16F3NO3/c17-16(18,19)10-4-1-3-9(7-10)11-8-12(11)14(21)20-6-2-5-13(20)15(22)23/h1,3-4,7,11-13H,2,5-6,8H2,(H,22,23)/t11?,12?,13-/m1/s1. The molecule has 2 aliphatic rings. The molecule has 3 rings (SSSR count). The van der Waals surface area contributed by atoms with Gasteiger partial charge in [-0.3, -0.25) is 4.79 Å². The maximum absolute atomic E-state index is 12.8. The molecular weight excluding hydrogens is 311 g/mol. The Labute approximate surface area is 130 Å². The molecule has 1 aliphatic carbocycles. The second-order valence-corrected chi connectivity index (χ2v) is 6.10. The largest absolute Gasteiger partial charge is 0.480 e. The Balaban J connectivity index is 1.72. The lowest BCUT2D eigenvalue weighted by Gasteiger charge is -2.21. The maximum Gasteiger partial charge on any atom is 0.416 e. The summed E-state index contributed by atoms with van der Waals surface area (Å²) in [6, 6.07) is 4.21. The van der Waals surface area contributed by atoms with Gasteiger partial charge in [0, 0.05) is 12.5 Å². The first kappa shape index (κ1) is 15.8. The predicted molar refractivity (Wildman–Crippen MR) is 74.7 cm³/mol. The van der Waals surface area contributed by atoms with Crippen molar-refractivity contribution in [3.8, 4) is 0 Å². The monoisotopic (exact) mass is 327 g/mol. The second kappa shape index (κ2) is 5.54. The lowest BCUT2D eigenvalue weighted by Crippen LogP contribution is -2.41. The molecule has 1 saturated heterocycles. The molecule has 1 aliphatic heterocycles. The van der Waals surface area contributed by atoms with Crippen LogP contribution in [0.25, 0.3) is 0 Å². The van der Waals surface area contributed by atoms with Crippen LogP contribution in [-0.4, -0.2) is 34.5 Å². The number of nitrogens with zero attached hydrogens (tertiary/aromatic N) is 1. The van der Waals surface area contributed by atoms with Crippen molar-refractivity contribution >= 4 is 11.9 Å². The average Bonchev–Trinajstić information content (AvgIpc) is 3.13. The molecule has 7 heteroatoms. The molecule has 124 valence electrons. The van der Waals surface area contributed by atoms with Gasteiger partial charge in [0.15, 0.2) is 0 Å². The SMILES string of the molecule is O=C(O)[C@H]1CCCN1C(=O)C1CC1c1cccc(C(F)(F)F)c1. The molecule has 0 spiro atoms. The molecule has 1 aromatic rings. The Bertz CT molecular complexity index is 644. The first-order valence-electron chi connectivity index (χ1n) is 7.49. The number of carbonyl (C=O) groups excluding carboxylic acids is 1. The summed E-state index contributed by atoms with van der Waals surface area (Å²) in [5.74, 6) is -1.93. The fourth-order valence-electron chi connectivity index (χ4n) is 3.28. The quantitative estimate of drug-likeness (QED) is 0.929. The van der Waals surface area contributed by atoms with Crippen LogP contribution in [0.5, 0.6) is 0 Å². The number of carboxylic acids is 1. The van der Waals surface area contributed by atoms with E-state index in [2.05, 4.69) is 0 Å². The highest BCUT2D eigenvalue weighted by molar-refractivity contribution is 5.88. The van der Waals surface area contributed by atoms with Crippen molar-refractivity contribution in [1.29, 1.82) is 0 Å². The molecule has 1 aromatic carbocycles. The van der Waals surface area contributed by atoms with E-state index in [1.54, 1.807) is 6.07 Å². The normalized spacial score (nSPS) is 27.1. The first-order chi connectivity index (χ1) is 10.8. The van der Waals surface area contributed by atoms with E-state index >= 15 is 0 Å². The zero-order chi connectivity index (χ0) is 16.8. The zero-order valence-electron chi connectivity index (χ0n) is 12.2. The van der Waals surface area contributed by atoms with Gasteiger partial charge in [-0.15, -0.1) is 0 Å². The third-order valence-electron chi connectivity index (χ3n) is 4.57. The summed E-state index contributed by atoms with van der Waals surface area (Å²) in [6.07, 6.45) is -2.86. The minimum Gasteiger partial charge on any atom is -0.480 e. The van der Waals surface area contributed by atoms with E-state index < -0.39 is 29.7 Å². The average molecular weight is 327 g/mol. The van der Waals surface area contributed by atoms with E-state index in [0.29, 0.717) is 31.4 Å². The van der Waals surface area contributed by atoms with Crippen molar-refractivity contribution in [3.63, 3.8) is 0 Å². The smallest absolute Gasteiger partial charge is 0.416 e. The molecule has 0 aromatic heterocycles. The number of amides is 1. The van der Waals surface area contributed by atoms with Crippen molar-refractivity contribution < 1.29 is 27.9 Å².